The van der Waals surface area contributed by atoms with Gasteiger partial charge in [-0.3, -0.25) is 0 Å². The van der Waals surface area contributed by atoms with Crippen LogP contribution in [0.1, 0.15) is 30.9 Å². The van der Waals surface area contributed by atoms with Crippen LogP contribution in [0.15, 0.2) is 61.2 Å². The molecule has 3 nitrogen and oxygen atoms in total. The molecule has 0 radical (unpaired) electrons. The van der Waals surface area contributed by atoms with Gasteiger partial charge in [-0.1, -0.05) is 54.6 Å². The summed E-state index contributed by atoms with van der Waals surface area (Å²) in [7, 11) is 0. The van der Waals surface area contributed by atoms with Crippen molar-refractivity contribution in [3.63, 3.8) is 0 Å². The van der Waals surface area contributed by atoms with E-state index < -0.39 is 0 Å². The Balaban J connectivity index is 1.81. The van der Waals surface area contributed by atoms with Crippen molar-refractivity contribution >= 4 is 6.09 Å². The van der Waals surface area contributed by atoms with E-state index in [1.54, 1.807) is 11.0 Å². The maximum absolute atomic E-state index is 12.4. The van der Waals surface area contributed by atoms with E-state index in [1.165, 1.54) is 22.3 Å². The maximum atomic E-state index is 12.4. The van der Waals surface area contributed by atoms with E-state index in [0.29, 0.717) is 13.2 Å². The van der Waals surface area contributed by atoms with Crippen molar-refractivity contribution < 1.29 is 9.53 Å². The Morgan fingerprint density at radius 2 is 1.67 bits per heavy atom. The quantitative estimate of drug-likeness (QED) is 0.738. The third-order valence-corrected chi connectivity index (χ3v) is 4.52. The van der Waals surface area contributed by atoms with Crippen molar-refractivity contribution in [2.75, 3.05) is 13.2 Å². The lowest BCUT2D eigenvalue weighted by molar-refractivity contribution is 0.0940. The number of amides is 1. The molecule has 0 bridgehead atoms. The van der Waals surface area contributed by atoms with E-state index >= 15 is 0 Å². The van der Waals surface area contributed by atoms with Gasteiger partial charge in [-0.15, -0.1) is 6.58 Å². The van der Waals surface area contributed by atoms with Crippen molar-refractivity contribution in [2.24, 2.45) is 0 Å². The highest BCUT2D eigenvalue weighted by molar-refractivity contribution is 5.79. The van der Waals surface area contributed by atoms with Gasteiger partial charge >= 0.3 is 6.09 Å². The summed E-state index contributed by atoms with van der Waals surface area (Å²) in [5, 5.41) is 0. The van der Waals surface area contributed by atoms with Crippen LogP contribution >= 0.6 is 0 Å². The molecule has 0 saturated carbocycles. The molecule has 2 aromatic rings. The third kappa shape index (κ3) is 2.94. The highest BCUT2D eigenvalue weighted by Crippen LogP contribution is 2.44. The normalized spacial score (nSPS) is 12.6. The Hall–Kier alpha value is -2.55. The Morgan fingerprint density at radius 1 is 1.12 bits per heavy atom. The fourth-order valence-corrected chi connectivity index (χ4v) is 3.31. The van der Waals surface area contributed by atoms with Gasteiger partial charge < -0.3 is 9.64 Å². The molecule has 1 aliphatic rings. The van der Waals surface area contributed by atoms with Crippen LogP contribution in [0.2, 0.25) is 0 Å². The molecule has 0 aliphatic heterocycles. The number of rotatable bonds is 5. The van der Waals surface area contributed by atoms with Crippen LogP contribution in [-0.4, -0.2) is 30.2 Å². The zero-order valence-electron chi connectivity index (χ0n) is 14.2. The van der Waals surface area contributed by atoms with Crippen LogP contribution < -0.4 is 0 Å². The zero-order chi connectivity index (χ0) is 17.1. The van der Waals surface area contributed by atoms with E-state index in [2.05, 4.69) is 43.0 Å². The molecule has 124 valence electrons. The smallest absolute Gasteiger partial charge is 0.410 e. The van der Waals surface area contributed by atoms with Crippen LogP contribution in [0.25, 0.3) is 11.1 Å². The molecule has 0 unspecified atom stereocenters. The van der Waals surface area contributed by atoms with Crippen LogP contribution in [0.3, 0.4) is 0 Å². The van der Waals surface area contributed by atoms with Gasteiger partial charge in [-0.25, -0.2) is 4.79 Å². The predicted molar refractivity (Wildman–Crippen MR) is 97.1 cm³/mol. The molecule has 24 heavy (non-hydrogen) atoms. The second-order valence-electron chi connectivity index (χ2n) is 6.34. The van der Waals surface area contributed by atoms with E-state index in [1.807, 2.05) is 26.0 Å². The summed E-state index contributed by atoms with van der Waals surface area (Å²) in [4.78, 5) is 14.1. The lowest BCUT2D eigenvalue weighted by atomic mass is 9.98. The highest BCUT2D eigenvalue weighted by atomic mass is 16.6. The van der Waals surface area contributed by atoms with Crippen molar-refractivity contribution in [2.45, 2.75) is 25.8 Å². The Kier molecular flexibility index (Phi) is 4.70. The Morgan fingerprint density at radius 3 is 2.17 bits per heavy atom. The topological polar surface area (TPSA) is 29.5 Å². The van der Waals surface area contributed by atoms with E-state index in [4.69, 9.17) is 4.74 Å². The van der Waals surface area contributed by atoms with Gasteiger partial charge in [-0.2, -0.15) is 0 Å². The number of benzene rings is 2. The second kappa shape index (κ2) is 6.91. The molecule has 0 N–H and O–H groups in total. The summed E-state index contributed by atoms with van der Waals surface area (Å²) in [5.41, 5.74) is 4.93. The van der Waals surface area contributed by atoms with Gasteiger partial charge in [0.25, 0.3) is 0 Å². The largest absolute Gasteiger partial charge is 0.448 e. The first-order valence-electron chi connectivity index (χ1n) is 8.36. The standard InChI is InChI=1S/C21H23NO2/c1-4-13-22(15(2)3)21(23)24-14-20-18-11-7-5-9-16(18)17-10-6-8-12-19(17)20/h4-12,15,20H,1,13-14H2,2-3H3. The molecule has 3 heteroatoms. The summed E-state index contributed by atoms with van der Waals surface area (Å²) >= 11 is 0. The SMILES string of the molecule is C=CCN(C(=O)OCC1c2ccccc2-c2ccccc21)C(C)C. The molecular formula is C21H23NO2. The molecule has 0 atom stereocenters. The van der Waals surface area contributed by atoms with Crippen LogP contribution in [0.4, 0.5) is 4.79 Å². The number of carbonyl (C=O) groups is 1. The number of hydrogen-bond acceptors (Lipinski definition) is 2. The van der Waals surface area contributed by atoms with Gasteiger partial charge in [0, 0.05) is 18.5 Å². The summed E-state index contributed by atoms with van der Waals surface area (Å²) in [6, 6.07) is 16.8. The van der Waals surface area contributed by atoms with E-state index in [-0.39, 0.29) is 18.1 Å². The summed E-state index contributed by atoms with van der Waals surface area (Å²) in [5.74, 6) is 0.0964. The molecule has 0 fully saturated rings. The minimum absolute atomic E-state index is 0.0821. The predicted octanol–water partition coefficient (Wildman–Crippen LogP) is 4.83. The number of nitrogens with zero attached hydrogens (tertiary/aromatic N) is 1. The number of hydrogen-bond donors (Lipinski definition) is 0. The first-order chi connectivity index (χ1) is 11.6. The fraction of sp³-hybridized carbons (Fsp3) is 0.286. The molecular weight excluding hydrogens is 298 g/mol. The second-order valence-corrected chi connectivity index (χ2v) is 6.34. The third-order valence-electron chi connectivity index (χ3n) is 4.52. The van der Waals surface area contributed by atoms with Gasteiger partial charge in [0.2, 0.25) is 0 Å². The fourth-order valence-electron chi connectivity index (χ4n) is 3.31. The molecule has 0 saturated heterocycles. The lowest BCUT2D eigenvalue weighted by Gasteiger charge is -2.25. The average molecular weight is 321 g/mol. The Labute approximate surface area is 143 Å². The average Bonchev–Trinajstić information content (AvgIpc) is 2.91. The zero-order valence-corrected chi connectivity index (χ0v) is 14.2. The highest BCUT2D eigenvalue weighted by Gasteiger charge is 2.29. The minimum Gasteiger partial charge on any atom is -0.448 e. The van der Waals surface area contributed by atoms with Crippen LogP contribution in [0.5, 0.6) is 0 Å². The Bertz CT molecular complexity index is 706. The van der Waals surface area contributed by atoms with Gasteiger partial charge in [0.15, 0.2) is 0 Å². The van der Waals surface area contributed by atoms with Crippen molar-refractivity contribution in [3.05, 3.63) is 72.3 Å². The van der Waals surface area contributed by atoms with Crippen molar-refractivity contribution in [1.29, 1.82) is 0 Å². The maximum Gasteiger partial charge on any atom is 0.410 e. The van der Waals surface area contributed by atoms with Gasteiger partial charge in [0.1, 0.15) is 6.61 Å². The molecule has 0 spiro atoms. The number of fused-ring (bicyclic) bond motifs is 3. The number of ether oxygens (including phenoxy) is 1. The number of carbonyl (C=O) groups excluding carboxylic acids is 1. The monoisotopic (exact) mass is 321 g/mol. The van der Waals surface area contributed by atoms with Crippen molar-refractivity contribution in [3.8, 4) is 11.1 Å². The molecule has 0 aromatic heterocycles. The summed E-state index contributed by atoms with van der Waals surface area (Å²) in [6.45, 7) is 8.52. The summed E-state index contributed by atoms with van der Waals surface area (Å²) in [6.07, 6.45) is 1.44. The van der Waals surface area contributed by atoms with Crippen molar-refractivity contribution in [1.82, 2.24) is 4.90 Å². The van der Waals surface area contributed by atoms with E-state index in [0.717, 1.165) is 0 Å². The first-order valence-corrected chi connectivity index (χ1v) is 8.36. The van der Waals surface area contributed by atoms with E-state index in [9.17, 15) is 4.79 Å². The minimum atomic E-state index is -0.285. The van der Waals surface area contributed by atoms with Gasteiger partial charge in [0.05, 0.1) is 0 Å². The lowest BCUT2D eigenvalue weighted by Crippen LogP contribution is -2.38. The first kappa shape index (κ1) is 16.3. The molecule has 1 amide bonds. The summed E-state index contributed by atoms with van der Waals surface area (Å²) < 4.78 is 5.65. The molecule has 2 aromatic carbocycles. The van der Waals surface area contributed by atoms with Crippen LogP contribution in [-0.2, 0) is 4.74 Å². The molecule has 0 heterocycles. The van der Waals surface area contributed by atoms with Crippen LogP contribution in [0, 0.1) is 0 Å². The molecule has 1 aliphatic carbocycles. The van der Waals surface area contributed by atoms with Gasteiger partial charge in [-0.05, 0) is 36.1 Å². The molecule has 3 rings (SSSR count).